The number of carbonyl (C=O) groups is 4. The molecular weight excluding hydrogens is 466 g/mol. The van der Waals surface area contributed by atoms with Crippen LogP contribution in [0.2, 0.25) is 0 Å². The van der Waals surface area contributed by atoms with E-state index in [9.17, 15) is 24.3 Å². The normalized spacial score (nSPS) is 33.2. The number of fused-ring (bicyclic) bond motifs is 4. The first-order valence-electron chi connectivity index (χ1n) is 12.8. The molecule has 3 aliphatic carbocycles. The van der Waals surface area contributed by atoms with Crippen molar-refractivity contribution in [3.05, 3.63) is 83.0 Å². The number of ketones is 2. The van der Waals surface area contributed by atoms with Crippen LogP contribution in [-0.2, 0) is 19.2 Å². The molecule has 1 saturated carbocycles. The van der Waals surface area contributed by atoms with Crippen molar-refractivity contribution in [2.24, 2.45) is 29.1 Å². The predicted molar refractivity (Wildman–Crippen MR) is 138 cm³/mol. The third kappa shape index (κ3) is 3.11. The number of rotatable bonds is 2. The fourth-order valence-corrected chi connectivity index (χ4v) is 7.46. The maximum Gasteiger partial charge on any atom is 0.238 e. The van der Waals surface area contributed by atoms with Gasteiger partial charge in [-0.05, 0) is 73.6 Å². The van der Waals surface area contributed by atoms with E-state index in [1.54, 1.807) is 62.4 Å². The molecule has 1 N–H and O–H groups in total. The lowest BCUT2D eigenvalue weighted by molar-refractivity contribution is -0.142. The van der Waals surface area contributed by atoms with Gasteiger partial charge in [-0.25, -0.2) is 0 Å². The Balaban J connectivity index is 1.51. The van der Waals surface area contributed by atoms with E-state index in [2.05, 4.69) is 0 Å². The van der Waals surface area contributed by atoms with E-state index < -0.39 is 29.1 Å². The Morgan fingerprint density at radius 2 is 1.54 bits per heavy atom. The molecule has 0 radical (unpaired) electrons. The Morgan fingerprint density at radius 3 is 2.22 bits per heavy atom. The molecule has 2 amide bonds. The van der Waals surface area contributed by atoms with Crippen LogP contribution in [0, 0.1) is 29.1 Å². The number of benzene rings is 2. The average molecular weight is 496 g/mol. The molecule has 2 aromatic carbocycles. The lowest BCUT2D eigenvalue weighted by atomic mass is 9.46. The third-order valence-corrected chi connectivity index (χ3v) is 9.41. The first-order chi connectivity index (χ1) is 17.7. The van der Waals surface area contributed by atoms with Crippen molar-refractivity contribution in [1.82, 2.24) is 0 Å². The van der Waals surface area contributed by atoms with E-state index in [0.717, 1.165) is 11.1 Å². The second-order valence-electron chi connectivity index (χ2n) is 11.1. The summed E-state index contributed by atoms with van der Waals surface area (Å²) in [4.78, 5) is 56.3. The number of imide groups is 1. The second kappa shape index (κ2) is 8.10. The van der Waals surface area contributed by atoms with Crippen molar-refractivity contribution in [3.8, 4) is 5.75 Å². The molecule has 0 bridgehead atoms. The maximum absolute atomic E-state index is 13.9. The number of Topliss-reactive ketones (excluding diaryl/α,β-unsaturated/α-hetero) is 2. The predicted octanol–water partition coefficient (Wildman–Crippen LogP) is 4.74. The van der Waals surface area contributed by atoms with E-state index in [1.165, 1.54) is 4.90 Å². The molecule has 4 aliphatic rings. The number of allylic oxidation sites excluding steroid dienone is 4. The summed E-state index contributed by atoms with van der Waals surface area (Å²) in [7, 11) is 0. The van der Waals surface area contributed by atoms with Crippen LogP contribution in [0.3, 0.4) is 0 Å². The number of para-hydroxylation sites is 1. The minimum absolute atomic E-state index is 0.0473. The number of anilines is 1. The number of aromatic hydroxyl groups is 1. The summed E-state index contributed by atoms with van der Waals surface area (Å²) in [6.07, 6.45) is 2.81. The topological polar surface area (TPSA) is 91.8 Å². The van der Waals surface area contributed by atoms with Gasteiger partial charge in [0, 0.05) is 11.8 Å². The lowest BCUT2D eigenvalue weighted by Gasteiger charge is -2.54. The summed E-state index contributed by atoms with van der Waals surface area (Å²) in [5.74, 6) is -2.86. The van der Waals surface area contributed by atoms with Crippen LogP contribution < -0.4 is 4.90 Å². The molecule has 6 atom stereocenters. The molecular formula is C31H29NO5. The van der Waals surface area contributed by atoms with Crippen LogP contribution in [0.15, 0.2) is 77.4 Å². The number of phenols is 1. The van der Waals surface area contributed by atoms with Crippen LogP contribution in [0.1, 0.15) is 45.1 Å². The standard InChI is InChI=1S/C31H29NO5/c1-16-17(2)28(35)31(3)24(27(16)34)15-23-21(26(31)18-9-11-20(33)12-10-18)13-14-22-25(23)30(37)32(29(22)36)19-7-5-4-6-8-19/h4-13,22-26,33H,14-15H2,1-3H3/t22-,23+,24-,25-,26-,31+/m0/s1. The number of nitrogens with zero attached hydrogens (tertiary/aromatic N) is 1. The largest absolute Gasteiger partial charge is 0.508 e. The Kier molecular flexibility index (Phi) is 5.17. The quantitative estimate of drug-likeness (QED) is 0.480. The summed E-state index contributed by atoms with van der Waals surface area (Å²) in [5, 5.41) is 9.95. The van der Waals surface area contributed by atoms with Gasteiger partial charge in [-0.3, -0.25) is 24.1 Å². The first-order valence-corrected chi connectivity index (χ1v) is 12.8. The molecule has 6 rings (SSSR count). The van der Waals surface area contributed by atoms with Crippen LogP contribution in [0.4, 0.5) is 5.69 Å². The van der Waals surface area contributed by atoms with Crippen molar-refractivity contribution in [2.45, 2.75) is 39.5 Å². The zero-order valence-electron chi connectivity index (χ0n) is 21.1. The highest BCUT2D eigenvalue weighted by Gasteiger charge is 2.64. The highest BCUT2D eigenvalue weighted by molar-refractivity contribution is 6.22. The van der Waals surface area contributed by atoms with Gasteiger partial charge in [0.05, 0.1) is 22.9 Å². The minimum Gasteiger partial charge on any atom is -0.508 e. The third-order valence-electron chi connectivity index (χ3n) is 9.41. The molecule has 188 valence electrons. The summed E-state index contributed by atoms with van der Waals surface area (Å²) in [6, 6.07) is 15.8. The van der Waals surface area contributed by atoms with Crippen LogP contribution >= 0.6 is 0 Å². The molecule has 37 heavy (non-hydrogen) atoms. The van der Waals surface area contributed by atoms with Gasteiger partial charge >= 0.3 is 0 Å². The molecule has 0 spiro atoms. The van der Waals surface area contributed by atoms with Crippen LogP contribution in [0.5, 0.6) is 5.75 Å². The highest BCUT2D eigenvalue weighted by Crippen LogP contribution is 2.63. The van der Waals surface area contributed by atoms with E-state index in [4.69, 9.17) is 0 Å². The zero-order chi connectivity index (χ0) is 26.2. The van der Waals surface area contributed by atoms with E-state index in [-0.39, 0.29) is 35.0 Å². The Morgan fingerprint density at radius 1 is 0.865 bits per heavy atom. The lowest BCUT2D eigenvalue weighted by Crippen LogP contribution is -2.55. The number of hydrogen-bond acceptors (Lipinski definition) is 5. The van der Waals surface area contributed by atoms with Gasteiger partial charge in [0.25, 0.3) is 0 Å². The fourth-order valence-electron chi connectivity index (χ4n) is 7.46. The Hall–Kier alpha value is -3.80. The van der Waals surface area contributed by atoms with Gasteiger partial charge in [0.2, 0.25) is 11.8 Å². The molecule has 1 heterocycles. The van der Waals surface area contributed by atoms with Crippen molar-refractivity contribution in [3.63, 3.8) is 0 Å². The van der Waals surface area contributed by atoms with Gasteiger partial charge in [-0.15, -0.1) is 0 Å². The smallest absolute Gasteiger partial charge is 0.238 e. The summed E-state index contributed by atoms with van der Waals surface area (Å²) >= 11 is 0. The molecule has 0 aromatic heterocycles. The van der Waals surface area contributed by atoms with Crippen molar-refractivity contribution in [1.29, 1.82) is 0 Å². The number of hydrogen-bond donors (Lipinski definition) is 1. The molecule has 6 nitrogen and oxygen atoms in total. The monoisotopic (exact) mass is 495 g/mol. The number of amides is 2. The van der Waals surface area contributed by atoms with E-state index in [0.29, 0.717) is 29.7 Å². The zero-order valence-corrected chi connectivity index (χ0v) is 21.1. The summed E-state index contributed by atoms with van der Waals surface area (Å²) in [6.45, 7) is 5.31. The van der Waals surface area contributed by atoms with Gasteiger partial charge in [-0.1, -0.05) is 48.9 Å². The average Bonchev–Trinajstić information content (AvgIpc) is 3.16. The Labute approximate surface area is 215 Å². The molecule has 0 unspecified atom stereocenters. The summed E-state index contributed by atoms with van der Waals surface area (Å²) < 4.78 is 0. The SMILES string of the molecule is CC1=C(C)C(=O)[C@@]2(C)[C@@H](c3ccc(O)cc3)C3=CC[C@@H]4C(=O)N(c5ccccc5)C(=O)[C@@H]4[C@@H]3C[C@H]2C1=O. The minimum atomic E-state index is -1.02. The Bertz CT molecular complexity index is 1420. The fraction of sp³-hybridized carbons (Fsp3) is 0.355. The van der Waals surface area contributed by atoms with Gasteiger partial charge in [0.1, 0.15) is 5.75 Å². The van der Waals surface area contributed by atoms with Gasteiger partial charge < -0.3 is 5.11 Å². The molecule has 2 fully saturated rings. The first kappa shape index (κ1) is 23.6. The number of carbonyl (C=O) groups excluding carboxylic acids is 4. The summed E-state index contributed by atoms with van der Waals surface area (Å²) in [5.41, 5.74) is 2.29. The highest BCUT2D eigenvalue weighted by atomic mass is 16.3. The van der Waals surface area contributed by atoms with Gasteiger partial charge in [-0.2, -0.15) is 0 Å². The van der Waals surface area contributed by atoms with E-state index in [1.807, 2.05) is 19.1 Å². The second-order valence-corrected chi connectivity index (χ2v) is 11.1. The van der Waals surface area contributed by atoms with E-state index >= 15 is 0 Å². The van der Waals surface area contributed by atoms with Crippen molar-refractivity contribution in [2.75, 3.05) is 4.90 Å². The van der Waals surface area contributed by atoms with Crippen molar-refractivity contribution >= 4 is 29.1 Å². The van der Waals surface area contributed by atoms with Crippen LogP contribution in [-0.4, -0.2) is 28.5 Å². The number of phenolic OH excluding ortho intramolecular Hbond substituents is 1. The van der Waals surface area contributed by atoms with Gasteiger partial charge in [0.15, 0.2) is 11.6 Å². The molecule has 6 heteroatoms. The van der Waals surface area contributed by atoms with Crippen molar-refractivity contribution < 1.29 is 24.3 Å². The molecule has 1 aliphatic heterocycles. The van der Waals surface area contributed by atoms with Crippen LogP contribution in [0.25, 0.3) is 0 Å². The molecule has 1 saturated heterocycles. The molecule has 2 aromatic rings. The maximum atomic E-state index is 13.9.